The molecule has 0 N–H and O–H groups in total. The van der Waals surface area contributed by atoms with E-state index in [2.05, 4.69) is 4.74 Å². The molecule has 0 unspecified atom stereocenters. The summed E-state index contributed by atoms with van der Waals surface area (Å²) in [7, 11) is 0. The third-order valence-electron chi connectivity index (χ3n) is 1.66. The molecule has 0 aromatic carbocycles. The number of cyclic esters (lactones) is 2. The van der Waals surface area contributed by atoms with Gasteiger partial charge >= 0.3 is 12.1 Å². The third kappa shape index (κ3) is 2.25. The zero-order valence-electron chi connectivity index (χ0n) is 8.33. The average molecular weight is 200 g/mol. The third-order valence-corrected chi connectivity index (χ3v) is 1.66. The second kappa shape index (κ2) is 3.69. The van der Waals surface area contributed by atoms with E-state index >= 15 is 0 Å². The summed E-state index contributed by atoms with van der Waals surface area (Å²) in [4.78, 5) is 21.8. The summed E-state index contributed by atoms with van der Waals surface area (Å²) in [5.41, 5.74) is -0.899. The average Bonchev–Trinajstić information content (AvgIpc) is 2.25. The highest BCUT2D eigenvalue weighted by molar-refractivity contribution is 5.84. The van der Waals surface area contributed by atoms with Crippen LogP contribution in [-0.4, -0.2) is 24.3 Å². The van der Waals surface area contributed by atoms with E-state index < -0.39 is 17.7 Å². The van der Waals surface area contributed by atoms with Gasteiger partial charge in [0.1, 0.15) is 0 Å². The number of hydrogen-bond acceptors (Lipinski definition) is 5. The van der Waals surface area contributed by atoms with Crippen LogP contribution in [0.25, 0.3) is 0 Å². The van der Waals surface area contributed by atoms with Gasteiger partial charge in [-0.2, -0.15) is 0 Å². The lowest BCUT2D eigenvalue weighted by Crippen LogP contribution is -2.21. The molecule has 0 amide bonds. The molecule has 1 fully saturated rings. The zero-order valence-corrected chi connectivity index (χ0v) is 8.33. The highest BCUT2D eigenvalue weighted by atomic mass is 16.8. The van der Waals surface area contributed by atoms with Crippen LogP contribution in [0.15, 0.2) is 11.8 Å². The van der Waals surface area contributed by atoms with Crippen LogP contribution < -0.4 is 0 Å². The van der Waals surface area contributed by atoms with Crippen molar-refractivity contribution in [3.63, 3.8) is 0 Å². The van der Waals surface area contributed by atoms with Gasteiger partial charge in [0, 0.05) is 0 Å². The topological polar surface area (TPSA) is 61.8 Å². The molecule has 0 aromatic heterocycles. The smallest absolute Gasteiger partial charge is 0.463 e. The number of carbonyl (C=O) groups is 2. The molecular weight excluding hydrogens is 188 g/mol. The predicted molar refractivity (Wildman–Crippen MR) is 46.4 cm³/mol. The van der Waals surface area contributed by atoms with Crippen LogP contribution in [0.5, 0.6) is 0 Å². The van der Waals surface area contributed by atoms with E-state index in [9.17, 15) is 9.59 Å². The lowest BCUT2D eigenvalue weighted by Gasteiger charge is -2.13. The van der Waals surface area contributed by atoms with Gasteiger partial charge < -0.3 is 14.2 Å². The Labute approximate surface area is 81.6 Å². The minimum Gasteiger partial charge on any atom is -0.463 e. The van der Waals surface area contributed by atoms with Gasteiger partial charge in [-0.05, 0) is 20.8 Å². The highest BCUT2D eigenvalue weighted by Crippen LogP contribution is 2.29. The van der Waals surface area contributed by atoms with Gasteiger partial charge in [0.2, 0.25) is 0 Å². The number of esters is 1. The lowest BCUT2D eigenvalue weighted by molar-refractivity contribution is -0.137. The van der Waals surface area contributed by atoms with Crippen LogP contribution >= 0.6 is 0 Å². The molecule has 5 heteroatoms. The van der Waals surface area contributed by atoms with E-state index in [0.717, 1.165) is 6.08 Å². The normalized spacial score (nSPS) is 21.6. The Balaban J connectivity index is 2.77. The quantitative estimate of drug-likeness (QED) is 0.497. The lowest BCUT2D eigenvalue weighted by atomic mass is 10.1. The minimum atomic E-state index is -0.899. The van der Waals surface area contributed by atoms with Gasteiger partial charge in [0.15, 0.2) is 11.4 Å². The Morgan fingerprint density at radius 3 is 2.64 bits per heavy atom. The monoisotopic (exact) mass is 200 g/mol. The maximum atomic E-state index is 11.0. The molecule has 0 aliphatic carbocycles. The van der Waals surface area contributed by atoms with Crippen molar-refractivity contribution in [3.8, 4) is 0 Å². The van der Waals surface area contributed by atoms with Crippen molar-refractivity contribution in [2.75, 3.05) is 6.61 Å². The summed E-state index contributed by atoms with van der Waals surface area (Å²) in [6.07, 6.45) is 0.319. The fraction of sp³-hybridized carbons (Fsp3) is 0.556. The van der Waals surface area contributed by atoms with Crippen molar-refractivity contribution in [1.82, 2.24) is 0 Å². The summed E-state index contributed by atoms with van der Waals surface area (Å²) in [5, 5.41) is 0. The maximum absolute atomic E-state index is 11.0. The zero-order chi connectivity index (χ0) is 10.8. The van der Waals surface area contributed by atoms with Crippen LogP contribution in [0.4, 0.5) is 4.79 Å². The number of rotatable bonds is 2. The van der Waals surface area contributed by atoms with E-state index in [1.54, 1.807) is 20.8 Å². The first-order valence-electron chi connectivity index (χ1n) is 4.25. The Morgan fingerprint density at radius 1 is 1.57 bits per heavy atom. The van der Waals surface area contributed by atoms with Crippen LogP contribution in [0.1, 0.15) is 20.8 Å². The molecule has 0 aromatic rings. The second-order valence-corrected chi connectivity index (χ2v) is 3.23. The summed E-state index contributed by atoms with van der Waals surface area (Å²) in [6.45, 7) is 5.22. The molecule has 0 bridgehead atoms. The molecular formula is C9H12O5. The van der Waals surface area contributed by atoms with Gasteiger partial charge in [0.05, 0.1) is 12.7 Å². The summed E-state index contributed by atoms with van der Waals surface area (Å²) < 4.78 is 14.2. The van der Waals surface area contributed by atoms with Crippen molar-refractivity contribution in [3.05, 3.63) is 11.8 Å². The molecule has 1 aliphatic heterocycles. The van der Waals surface area contributed by atoms with Crippen LogP contribution in [-0.2, 0) is 19.0 Å². The summed E-state index contributed by atoms with van der Waals surface area (Å²) in [6, 6.07) is 0. The van der Waals surface area contributed by atoms with Crippen LogP contribution in [0.2, 0.25) is 0 Å². The molecule has 14 heavy (non-hydrogen) atoms. The fourth-order valence-corrected chi connectivity index (χ4v) is 0.986. The molecule has 0 saturated carbocycles. The Kier molecular flexibility index (Phi) is 2.78. The minimum absolute atomic E-state index is 0.168. The molecule has 78 valence electrons. The highest BCUT2D eigenvalue weighted by Gasteiger charge is 2.39. The first-order valence-corrected chi connectivity index (χ1v) is 4.25. The van der Waals surface area contributed by atoms with E-state index in [1.165, 1.54) is 0 Å². The van der Waals surface area contributed by atoms with Crippen molar-refractivity contribution in [1.29, 1.82) is 0 Å². The molecule has 1 rings (SSSR count). The standard InChI is InChI=1S/C9H12O5/c1-4-12-7(10)5-6-9(2,3)14-8(11)13-6/h5H,4H2,1-3H3/b6-5+. The van der Waals surface area contributed by atoms with Gasteiger partial charge in [0.25, 0.3) is 0 Å². The maximum Gasteiger partial charge on any atom is 0.514 e. The van der Waals surface area contributed by atoms with Gasteiger partial charge in [-0.15, -0.1) is 0 Å². The molecule has 5 nitrogen and oxygen atoms in total. The fourth-order valence-electron chi connectivity index (χ4n) is 0.986. The van der Waals surface area contributed by atoms with Gasteiger partial charge in [-0.25, -0.2) is 9.59 Å². The van der Waals surface area contributed by atoms with Crippen LogP contribution in [0.3, 0.4) is 0 Å². The Morgan fingerprint density at radius 2 is 2.21 bits per heavy atom. The number of ether oxygens (including phenoxy) is 3. The predicted octanol–water partition coefficient (Wildman–Crippen LogP) is 1.38. The van der Waals surface area contributed by atoms with Crippen molar-refractivity contribution in [2.45, 2.75) is 26.4 Å². The molecule has 0 radical (unpaired) electrons. The molecule has 1 aliphatic rings. The van der Waals surface area contributed by atoms with Gasteiger partial charge in [-0.1, -0.05) is 0 Å². The first-order chi connectivity index (χ1) is 6.45. The van der Waals surface area contributed by atoms with E-state index in [4.69, 9.17) is 9.47 Å². The second-order valence-electron chi connectivity index (χ2n) is 3.23. The van der Waals surface area contributed by atoms with Crippen molar-refractivity contribution < 1.29 is 23.8 Å². The van der Waals surface area contributed by atoms with E-state index in [-0.39, 0.29) is 12.4 Å². The molecule has 1 heterocycles. The molecule has 1 saturated heterocycles. The number of carbonyl (C=O) groups excluding carboxylic acids is 2. The van der Waals surface area contributed by atoms with Gasteiger partial charge in [-0.3, -0.25) is 0 Å². The molecule has 0 atom stereocenters. The Hall–Kier alpha value is -1.52. The van der Waals surface area contributed by atoms with E-state index in [1.807, 2.05) is 0 Å². The molecule has 0 spiro atoms. The van der Waals surface area contributed by atoms with Crippen molar-refractivity contribution >= 4 is 12.1 Å². The van der Waals surface area contributed by atoms with Crippen molar-refractivity contribution in [2.24, 2.45) is 0 Å². The summed E-state index contributed by atoms with van der Waals surface area (Å²) in [5.74, 6) is -0.380. The first kappa shape index (κ1) is 10.6. The summed E-state index contributed by atoms with van der Waals surface area (Å²) >= 11 is 0. The SMILES string of the molecule is CCOC(=O)/C=C1/OC(=O)OC1(C)C. The van der Waals surface area contributed by atoms with E-state index in [0.29, 0.717) is 0 Å². The number of hydrogen-bond donors (Lipinski definition) is 0. The largest absolute Gasteiger partial charge is 0.514 e. The Bertz CT molecular complexity index is 290. The van der Waals surface area contributed by atoms with Crippen LogP contribution in [0, 0.1) is 0 Å².